The van der Waals surface area contributed by atoms with Crippen molar-refractivity contribution >= 4 is 0 Å². The average molecular weight is 187 g/mol. The second kappa shape index (κ2) is 5.61. The lowest BCUT2D eigenvalue weighted by Gasteiger charge is -2.27. The van der Waals surface area contributed by atoms with Gasteiger partial charge < -0.3 is 10.1 Å². The van der Waals surface area contributed by atoms with Crippen molar-refractivity contribution in [1.29, 1.82) is 0 Å². The molecule has 0 aromatic heterocycles. The Hall–Kier alpha value is -0.0800. The van der Waals surface area contributed by atoms with Crippen molar-refractivity contribution in [2.75, 3.05) is 20.2 Å². The van der Waals surface area contributed by atoms with Gasteiger partial charge in [-0.25, -0.2) is 0 Å². The summed E-state index contributed by atoms with van der Waals surface area (Å²) in [5.74, 6) is 0.602. The fraction of sp³-hybridized carbons (Fsp3) is 1.00. The number of hydrogen-bond donors (Lipinski definition) is 1. The minimum atomic E-state index is 0.234. The Labute approximate surface area is 83.1 Å². The van der Waals surface area contributed by atoms with E-state index < -0.39 is 0 Å². The van der Waals surface area contributed by atoms with E-state index in [1.807, 2.05) is 7.05 Å². The van der Waals surface area contributed by atoms with Gasteiger partial charge in [0.2, 0.25) is 0 Å². The molecule has 0 bridgehead atoms. The van der Waals surface area contributed by atoms with Gasteiger partial charge in [-0.2, -0.15) is 0 Å². The van der Waals surface area contributed by atoms with Crippen LogP contribution in [0.3, 0.4) is 0 Å². The largest absolute Gasteiger partial charge is 0.378 e. The van der Waals surface area contributed by atoms with E-state index in [-0.39, 0.29) is 5.41 Å². The molecule has 2 nitrogen and oxygen atoms in total. The van der Waals surface area contributed by atoms with Crippen LogP contribution in [0.25, 0.3) is 0 Å². The second-order valence-corrected chi connectivity index (χ2v) is 4.95. The Bertz CT molecular complexity index is 132. The Morgan fingerprint density at radius 1 is 1.23 bits per heavy atom. The number of hydrogen-bond acceptors (Lipinski definition) is 2. The molecule has 0 saturated carbocycles. The average Bonchev–Trinajstić information content (AvgIpc) is 2.00. The first kappa shape index (κ1) is 12.9. The van der Waals surface area contributed by atoms with Crippen molar-refractivity contribution < 1.29 is 4.74 Å². The minimum Gasteiger partial charge on any atom is -0.378 e. The Morgan fingerprint density at radius 2 is 1.77 bits per heavy atom. The van der Waals surface area contributed by atoms with Crippen molar-refractivity contribution in [2.24, 2.45) is 11.3 Å². The molecule has 0 rings (SSSR count). The van der Waals surface area contributed by atoms with E-state index in [1.165, 1.54) is 0 Å². The summed E-state index contributed by atoms with van der Waals surface area (Å²) in [6.45, 7) is 12.8. The van der Waals surface area contributed by atoms with Gasteiger partial charge in [-0.15, -0.1) is 0 Å². The smallest absolute Gasteiger partial charge is 0.0570 e. The summed E-state index contributed by atoms with van der Waals surface area (Å²) in [4.78, 5) is 0. The van der Waals surface area contributed by atoms with Crippen LogP contribution in [0.5, 0.6) is 0 Å². The van der Waals surface area contributed by atoms with Crippen LogP contribution < -0.4 is 5.32 Å². The van der Waals surface area contributed by atoms with Crippen LogP contribution in [-0.4, -0.2) is 26.3 Å². The first-order valence-corrected chi connectivity index (χ1v) is 5.15. The summed E-state index contributed by atoms with van der Waals surface area (Å²) in [7, 11) is 1.98. The molecule has 0 radical (unpaired) electrons. The van der Waals surface area contributed by atoms with Gasteiger partial charge in [0.25, 0.3) is 0 Å². The molecule has 80 valence electrons. The first-order chi connectivity index (χ1) is 5.89. The maximum absolute atomic E-state index is 5.78. The van der Waals surface area contributed by atoms with Gasteiger partial charge >= 0.3 is 0 Å². The Morgan fingerprint density at radius 3 is 2.15 bits per heavy atom. The summed E-state index contributed by atoms with van der Waals surface area (Å²) < 4.78 is 5.78. The molecule has 0 aliphatic carbocycles. The zero-order valence-electron chi connectivity index (χ0n) is 9.98. The zero-order chi connectivity index (χ0) is 10.5. The van der Waals surface area contributed by atoms with E-state index in [9.17, 15) is 0 Å². The van der Waals surface area contributed by atoms with Gasteiger partial charge in [0, 0.05) is 12.0 Å². The molecule has 0 amide bonds. The molecule has 0 aliphatic heterocycles. The van der Waals surface area contributed by atoms with Crippen LogP contribution in [-0.2, 0) is 4.74 Å². The molecule has 0 aromatic carbocycles. The predicted molar refractivity (Wildman–Crippen MR) is 58.0 cm³/mol. The van der Waals surface area contributed by atoms with E-state index in [0.717, 1.165) is 13.2 Å². The lowest BCUT2D eigenvalue weighted by atomic mass is 9.95. The highest BCUT2D eigenvalue weighted by molar-refractivity contribution is 4.70. The van der Waals surface area contributed by atoms with Crippen LogP contribution in [0.1, 0.15) is 34.6 Å². The van der Waals surface area contributed by atoms with Crippen LogP contribution >= 0.6 is 0 Å². The lowest BCUT2D eigenvalue weighted by Crippen LogP contribution is -2.33. The van der Waals surface area contributed by atoms with E-state index in [0.29, 0.717) is 12.0 Å². The molecule has 1 N–H and O–H groups in total. The highest BCUT2D eigenvalue weighted by Gasteiger charge is 2.19. The van der Waals surface area contributed by atoms with E-state index in [2.05, 4.69) is 39.9 Å². The van der Waals surface area contributed by atoms with Crippen molar-refractivity contribution in [1.82, 2.24) is 5.32 Å². The third kappa shape index (κ3) is 6.05. The summed E-state index contributed by atoms with van der Waals surface area (Å²) in [6, 6.07) is 0. The fourth-order valence-corrected chi connectivity index (χ4v) is 1.08. The summed E-state index contributed by atoms with van der Waals surface area (Å²) >= 11 is 0. The monoisotopic (exact) mass is 187 g/mol. The van der Waals surface area contributed by atoms with Crippen LogP contribution in [0.2, 0.25) is 0 Å². The molecule has 0 spiro atoms. The molecule has 0 aromatic rings. The molecule has 0 aliphatic rings. The maximum Gasteiger partial charge on any atom is 0.0570 e. The minimum absolute atomic E-state index is 0.234. The zero-order valence-corrected chi connectivity index (χ0v) is 9.98. The summed E-state index contributed by atoms with van der Waals surface area (Å²) in [5.41, 5.74) is 0.234. The van der Waals surface area contributed by atoms with Crippen molar-refractivity contribution in [2.45, 2.75) is 40.7 Å². The number of rotatable bonds is 6. The lowest BCUT2D eigenvalue weighted by molar-refractivity contribution is -0.00915. The molecule has 0 heterocycles. The third-order valence-electron chi connectivity index (χ3n) is 2.33. The molecule has 13 heavy (non-hydrogen) atoms. The molecular weight excluding hydrogens is 162 g/mol. The predicted octanol–water partition coefficient (Wildman–Crippen LogP) is 2.29. The van der Waals surface area contributed by atoms with E-state index in [1.54, 1.807) is 0 Å². The molecule has 0 fully saturated rings. The SMILES string of the molecule is CNCC(C)(C)COC(C)C(C)C. The Balaban J connectivity index is 3.73. The summed E-state index contributed by atoms with van der Waals surface area (Å²) in [6.07, 6.45) is 0.358. The number of ether oxygens (including phenoxy) is 1. The van der Waals surface area contributed by atoms with Gasteiger partial charge in [-0.1, -0.05) is 27.7 Å². The van der Waals surface area contributed by atoms with E-state index in [4.69, 9.17) is 4.74 Å². The topological polar surface area (TPSA) is 21.3 Å². The number of nitrogens with one attached hydrogen (secondary N) is 1. The van der Waals surface area contributed by atoms with Gasteiger partial charge in [0.05, 0.1) is 12.7 Å². The van der Waals surface area contributed by atoms with Crippen LogP contribution in [0.4, 0.5) is 0 Å². The van der Waals surface area contributed by atoms with Gasteiger partial charge in [-0.05, 0) is 19.9 Å². The first-order valence-electron chi connectivity index (χ1n) is 5.15. The molecule has 0 saturated heterocycles. The third-order valence-corrected chi connectivity index (χ3v) is 2.33. The molecule has 1 atom stereocenters. The Kier molecular flexibility index (Phi) is 5.57. The van der Waals surface area contributed by atoms with Crippen molar-refractivity contribution in [3.05, 3.63) is 0 Å². The maximum atomic E-state index is 5.78. The molecule has 2 heteroatoms. The highest BCUT2D eigenvalue weighted by Crippen LogP contribution is 2.16. The van der Waals surface area contributed by atoms with Crippen LogP contribution in [0, 0.1) is 11.3 Å². The standard InChI is InChI=1S/C11H25NO/c1-9(2)10(3)13-8-11(4,5)7-12-6/h9-10,12H,7-8H2,1-6H3. The van der Waals surface area contributed by atoms with E-state index >= 15 is 0 Å². The van der Waals surface area contributed by atoms with Gasteiger partial charge in [0.1, 0.15) is 0 Å². The highest BCUT2D eigenvalue weighted by atomic mass is 16.5. The fourth-order valence-electron chi connectivity index (χ4n) is 1.08. The normalized spacial score (nSPS) is 15.0. The second-order valence-electron chi connectivity index (χ2n) is 4.95. The van der Waals surface area contributed by atoms with Gasteiger partial charge in [-0.3, -0.25) is 0 Å². The summed E-state index contributed by atoms with van der Waals surface area (Å²) in [5, 5.41) is 3.18. The molecular formula is C11H25NO. The quantitative estimate of drug-likeness (QED) is 0.689. The van der Waals surface area contributed by atoms with Crippen molar-refractivity contribution in [3.8, 4) is 0 Å². The molecule has 1 unspecified atom stereocenters. The van der Waals surface area contributed by atoms with Gasteiger partial charge in [0.15, 0.2) is 0 Å². The van der Waals surface area contributed by atoms with Crippen molar-refractivity contribution in [3.63, 3.8) is 0 Å². The van der Waals surface area contributed by atoms with Crippen LogP contribution in [0.15, 0.2) is 0 Å².